The van der Waals surface area contributed by atoms with Crippen LogP contribution >= 0.6 is 11.3 Å². The minimum atomic E-state index is -0.501. The number of benzene rings is 7. The number of hydrogen-bond acceptors (Lipinski definition) is 4. The van der Waals surface area contributed by atoms with E-state index in [9.17, 15) is 0 Å². The minimum Gasteiger partial charge on any atom is -0.457 e. The number of ether oxygens (including phenoxy) is 1. The first-order valence-corrected chi connectivity index (χ1v) is 18.1. The number of hydrogen-bond donors (Lipinski definition) is 0. The molecule has 7 aromatic carbocycles. The van der Waals surface area contributed by atoms with E-state index in [-0.39, 0.29) is 0 Å². The first kappa shape index (κ1) is 28.5. The molecule has 0 bridgehead atoms. The molecular weight excluding hydrogens is 641 g/mol. The number of fused-ring (bicyclic) bond motifs is 12. The van der Waals surface area contributed by atoms with Crippen LogP contribution in [0.3, 0.4) is 0 Å². The van der Waals surface area contributed by atoms with E-state index in [4.69, 9.17) is 14.7 Å². The fraction of sp³-hybridized carbons (Fsp3) is 0.0213. The topological polar surface area (TPSA) is 35.0 Å². The van der Waals surface area contributed by atoms with E-state index in [0.717, 1.165) is 39.6 Å². The van der Waals surface area contributed by atoms with Crippen molar-refractivity contribution in [3.8, 4) is 56.5 Å². The predicted molar refractivity (Wildman–Crippen MR) is 209 cm³/mol. The van der Waals surface area contributed by atoms with Crippen molar-refractivity contribution in [1.29, 1.82) is 0 Å². The van der Waals surface area contributed by atoms with Crippen molar-refractivity contribution in [1.82, 2.24) is 9.97 Å². The van der Waals surface area contributed by atoms with E-state index in [1.165, 1.54) is 53.6 Å². The molecule has 0 unspecified atom stereocenters. The van der Waals surface area contributed by atoms with Crippen LogP contribution in [0.15, 0.2) is 170 Å². The van der Waals surface area contributed by atoms with Gasteiger partial charge in [-0.3, -0.25) is 0 Å². The lowest BCUT2D eigenvalue weighted by Crippen LogP contribution is -2.32. The molecule has 1 aliphatic heterocycles. The van der Waals surface area contributed by atoms with Gasteiger partial charge in [0, 0.05) is 48.0 Å². The third-order valence-electron chi connectivity index (χ3n) is 10.6. The summed E-state index contributed by atoms with van der Waals surface area (Å²) < 4.78 is 9.22. The molecule has 11 rings (SSSR count). The van der Waals surface area contributed by atoms with Crippen molar-refractivity contribution >= 4 is 31.5 Å². The Kier molecular flexibility index (Phi) is 6.04. The molecule has 1 aliphatic carbocycles. The Morgan fingerprint density at radius 1 is 0.412 bits per heavy atom. The third-order valence-corrected chi connectivity index (χ3v) is 11.7. The van der Waals surface area contributed by atoms with Gasteiger partial charge in [0.15, 0.2) is 5.82 Å². The Balaban J connectivity index is 1.16. The molecule has 9 aromatic rings. The lowest BCUT2D eigenvalue weighted by atomic mass is 9.66. The second-order valence-corrected chi connectivity index (χ2v) is 14.4. The summed E-state index contributed by atoms with van der Waals surface area (Å²) in [7, 11) is 0. The van der Waals surface area contributed by atoms with Gasteiger partial charge in [-0.1, -0.05) is 133 Å². The van der Waals surface area contributed by atoms with Crippen LogP contribution in [0.25, 0.3) is 65.2 Å². The van der Waals surface area contributed by atoms with Gasteiger partial charge in [-0.05, 0) is 58.7 Å². The van der Waals surface area contributed by atoms with Crippen molar-refractivity contribution in [2.75, 3.05) is 0 Å². The Morgan fingerprint density at radius 2 is 1.00 bits per heavy atom. The van der Waals surface area contributed by atoms with E-state index < -0.39 is 5.41 Å². The van der Waals surface area contributed by atoms with Gasteiger partial charge in [0.2, 0.25) is 0 Å². The van der Waals surface area contributed by atoms with Crippen LogP contribution in [0.1, 0.15) is 22.3 Å². The monoisotopic (exact) mass is 668 g/mol. The normalized spacial score (nSPS) is 13.4. The molecule has 2 aromatic heterocycles. The van der Waals surface area contributed by atoms with Gasteiger partial charge < -0.3 is 4.74 Å². The first-order chi connectivity index (χ1) is 25.3. The van der Waals surface area contributed by atoms with Crippen molar-refractivity contribution in [2.24, 2.45) is 0 Å². The zero-order chi connectivity index (χ0) is 33.5. The highest BCUT2D eigenvalue weighted by Gasteiger charge is 2.51. The molecule has 0 saturated carbocycles. The van der Waals surface area contributed by atoms with Crippen molar-refractivity contribution in [3.05, 3.63) is 192 Å². The van der Waals surface area contributed by atoms with Gasteiger partial charge in [-0.25, -0.2) is 9.97 Å². The molecule has 3 nitrogen and oxygen atoms in total. The second kappa shape index (κ2) is 10.8. The molecule has 0 saturated heterocycles. The quantitative estimate of drug-likeness (QED) is 0.188. The standard InChI is InChI=1S/C47H28N2OS/c1-3-13-29(14-4-1)40-27-41(49-46(48-40)30-15-5-2-6-16-30)31-23-24-44-34(25-31)35-26-39-43(28-45(35)51-44)50-42-22-12-11-21-38(42)47(39)36-19-9-7-17-32(36)33-18-8-10-20-37(33)47/h1-28H. The molecule has 1 spiro atoms. The van der Waals surface area contributed by atoms with Crippen molar-refractivity contribution in [3.63, 3.8) is 0 Å². The fourth-order valence-corrected chi connectivity index (χ4v) is 9.45. The highest BCUT2D eigenvalue weighted by atomic mass is 32.1. The zero-order valence-electron chi connectivity index (χ0n) is 27.4. The minimum absolute atomic E-state index is 0.501. The van der Waals surface area contributed by atoms with Gasteiger partial charge in [-0.15, -0.1) is 11.3 Å². The van der Waals surface area contributed by atoms with Crippen LogP contribution in [0.5, 0.6) is 11.5 Å². The molecule has 0 fully saturated rings. The summed E-state index contributed by atoms with van der Waals surface area (Å²) in [4.78, 5) is 10.2. The number of para-hydroxylation sites is 1. The van der Waals surface area contributed by atoms with Crippen LogP contribution in [0.4, 0.5) is 0 Å². The zero-order valence-corrected chi connectivity index (χ0v) is 28.2. The highest BCUT2D eigenvalue weighted by Crippen LogP contribution is 2.62. The lowest BCUT2D eigenvalue weighted by molar-refractivity contribution is 0.437. The van der Waals surface area contributed by atoms with Crippen LogP contribution in [0.2, 0.25) is 0 Å². The van der Waals surface area contributed by atoms with Gasteiger partial charge >= 0.3 is 0 Å². The van der Waals surface area contributed by atoms with E-state index in [2.05, 4.69) is 146 Å². The van der Waals surface area contributed by atoms with Gasteiger partial charge in [0.25, 0.3) is 0 Å². The number of nitrogens with zero attached hydrogens (tertiary/aromatic N) is 2. The van der Waals surface area contributed by atoms with Gasteiger partial charge in [-0.2, -0.15) is 0 Å². The Labute approximate surface area is 299 Å². The SMILES string of the molecule is c1ccc(-c2cc(-c3ccc4sc5cc6c(cc5c4c3)C3(c4ccccc4O6)c4ccccc4-c4ccccc43)nc(-c3ccccc3)n2)cc1. The fourth-order valence-electron chi connectivity index (χ4n) is 8.35. The number of rotatable bonds is 3. The maximum absolute atomic E-state index is 6.79. The molecular formula is C47H28N2OS. The van der Waals surface area contributed by atoms with E-state index in [1.54, 1.807) is 0 Å². The summed E-state index contributed by atoms with van der Waals surface area (Å²) in [5, 5.41) is 2.44. The Morgan fingerprint density at radius 3 is 1.73 bits per heavy atom. The summed E-state index contributed by atoms with van der Waals surface area (Å²) in [6, 6.07) is 60.5. The molecule has 51 heavy (non-hydrogen) atoms. The molecule has 0 N–H and O–H groups in total. The number of thiophene rings is 1. The summed E-state index contributed by atoms with van der Waals surface area (Å²) >= 11 is 1.81. The molecule has 3 heterocycles. The second-order valence-electron chi connectivity index (χ2n) is 13.3. The highest BCUT2D eigenvalue weighted by molar-refractivity contribution is 7.25. The smallest absolute Gasteiger partial charge is 0.160 e. The average molecular weight is 669 g/mol. The molecule has 0 radical (unpaired) electrons. The Bertz CT molecular complexity index is 2740. The maximum Gasteiger partial charge on any atom is 0.160 e. The first-order valence-electron chi connectivity index (χ1n) is 17.2. The lowest BCUT2D eigenvalue weighted by Gasteiger charge is -2.39. The largest absolute Gasteiger partial charge is 0.457 e. The molecule has 0 amide bonds. The van der Waals surface area contributed by atoms with E-state index in [1.807, 2.05) is 35.6 Å². The third kappa shape index (κ3) is 4.11. The van der Waals surface area contributed by atoms with Gasteiger partial charge in [0.05, 0.1) is 16.8 Å². The van der Waals surface area contributed by atoms with E-state index in [0.29, 0.717) is 5.82 Å². The van der Waals surface area contributed by atoms with Gasteiger partial charge in [0.1, 0.15) is 11.5 Å². The summed E-state index contributed by atoms with van der Waals surface area (Å²) in [6.07, 6.45) is 0. The van der Waals surface area contributed by atoms with Crippen molar-refractivity contribution in [2.45, 2.75) is 5.41 Å². The average Bonchev–Trinajstić information content (AvgIpc) is 3.70. The van der Waals surface area contributed by atoms with Crippen LogP contribution in [0, 0.1) is 0 Å². The molecule has 238 valence electrons. The molecule has 4 heteroatoms. The summed E-state index contributed by atoms with van der Waals surface area (Å²) in [5.41, 5.74) is 11.9. The maximum atomic E-state index is 6.79. The van der Waals surface area contributed by atoms with Crippen LogP contribution < -0.4 is 4.74 Å². The predicted octanol–water partition coefficient (Wildman–Crippen LogP) is 12.3. The molecule has 2 aliphatic rings. The van der Waals surface area contributed by atoms with Crippen LogP contribution in [-0.4, -0.2) is 9.97 Å². The van der Waals surface area contributed by atoms with Crippen molar-refractivity contribution < 1.29 is 4.74 Å². The Hall–Kier alpha value is -6.36. The number of aromatic nitrogens is 2. The summed E-state index contributed by atoms with van der Waals surface area (Å²) in [5.74, 6) is 2.54. The summed E-state index contributed by atoms with van der Waals surface area (Å²) in [6.45, 7) is 0. The molecule has 0 atom stereocenters. The van der Waals surface area contributed by atoms with E-state index >= 15 is 0 Å². The van der Waals surface area contributed by atoms with Crippen LogP contribution in [-0.2, 0) is 5.41 Å².